The molecule has 0 radical (unpaired) electrons. The number of hydrogen-bond acceptors (Lipinski definition) is 3. The molecule has 0 aromatic heterocycles. The van der Waals surface area contributed by atoms with Gasteiger partial charge in [-0.05, 0) is 35.1 Å². The number of urea groups is 1. The van der Waals surface area contributed by atoms with Crippen molar-refractivity contribution in [1.29, 1.82) is 0 Å². The second-order valence-electron chi connectivity index (χ2n) is 6.04. The van der Waals surface area contributed by atoms with Crippen molar-refractivity contribution in [3.05, 3.63) is 23.3 Å². The molecule has 5 heteroatoms. The van der Waals surface area contributed by atoms with Gasteiger partial charge in [-0.1, -0.05) is 27.7 Å². The molecular weight excluding hydrogens is 268 g/mol. The van der Waals surface area contributed by atoms with Crippen molar-refractivity contribution in [2.24, 2.45) is 0 Å². The first-order chi connectivity index (χ1) is 9.81. The number of nitrogens with zero attached hydrogens (tertiary/aromatic N) is 1. The number of phenols is 1. The predicted octanol–water partition coefficient (Wildman–Crippen LogP) is 3.09. The lowest BCUT2D eigenvalue weighted by Gasteiger charge is -2.28. The summed E-state index contributed by atoms with van der Waals surface area (Å²) in [7, 11) is 0. The van der Waals surface area contributed by atoms with Gasteiger partial charge >= 0.3 is 6.03 Å². The van der Waals surface area contributed by atoms with Crippen molar-refractivity contribution in [3.63, 3.8) is 0 Å². The quantitative estimate of drug-likeness (QED) is 0.898. The van der Waals surface area contributed by atoms with Crippen LogP contribution in [0.4, 0.5) is 10.5 Å². The molecule has 2 N–H and O–H groups in total. The van der Waals surface area contributed by atoms with Crippen molar-refractivity contribution in [3.8, 4) is 5.75 Å². The number of phenolic OH excluding ortho intramolecular Hbond substituents is 1. The van der Waals surface area contributed by atoms with E-state index in [9.17, 15) is 14.7 Å². The molecule has 1 aromatic rings. The minimum Gasteiger partial charge on any atom is -0.507 e. The second-order valence-corrected chi connectivity index (χ2v) is 6.04. The summed E-state index contributed by atoms with van der Waals surface area (Å²) >= 11 is 0. The molecule has 0 bridgehead atoms. The molecular formula is C16H22N2O3. The SMILES string of the molecule is CC(C)c1cc(N2CCC(=O)NC2=O)cc(C(C)C)c1O. The van der Waals surface area contributed by atoms with E-state index in [4.69, 9.17) is 0 Å². The molecule has 3 amide bonds. The van der Waals surface area contributed by atoms with Crippen LogP contribution in [-0.4, -0.2) is 23.6 Å². The van der Waals surface area contributed by atoms with Crippen LogP contribution in [0.25, 0.3) is 0 Å². The number of aromatic hydroxyl groups is 1. The molecule has 2 rings (SSSR count). The summed E-state index contributed by atoms with van der Waals surface area (Å²) in [4.78, 5) is 24.8. The lowest BCUT2D eigenvalue weighted by atomic mass is 9.93. The Morgan fingerprint density at radius 3 is 2.05 bits per heavy atom. The number of amides is 3. The summed E-state index contributed by atoms with van der Waals surface area (Å²) < 4.78 is 0. The maximum atomic E-state index is 12.0. The highest BCUT2D eigenvalue weighted by atomic mass is 16.3. The smallest absolute Gasteiger partial charge is 0.328 e. The normalized spacial score (nSPS) is 15.8. The standard InChI is InChI=1S/C16H22N2O3/c1-9(2)12-7-11(8-13(10(3)4)15(12)20)18-6-5-14(19)17-16(18)21/h7-10,20H,5-6H2,1-4H3,(H,17,19,21). The van der Waals surface area contributed by atoms with Crippen LogP contribution < -0.4 is 10.2 Å². The second kappa shape index (κ2) is 5.76. The molecule has 5 nitrogen and oxygen atoms in total. The average molecular weight is 290 g/mol. The van der Waals surface area contributed by atoms with E-state index in [-0.39, 0.29) is 17.7 Å². The Balaban J connectivity index is 2.49. The van der Waals surface area contributed by atoms with E-state index in [1.807, 2.05) is 39.8 Å². The van der Waals surface area contributed by atoms with Gasteiger partial charge < -0.3 is 5.11 Å². The van der Waals surface area contributed by atoms with E-state index in [2.05, 4.69) is 5.32 Å². The number of hydrogen-bond donors (Lipinski definition) is 2. The number of carbonyl (C=O) groups excluding carboxylic acids is 2. The Kier molecular flexibility index (Phi) is 4.21. The first-order valence-corrected chi connectivity index (χ1v) is 7.29. The average Bonchev–Trinajstić information content (AvgIpc) is 2.38. The Bertz CT molecular complexity index is 550. The number of benzene rings is 1. The summed E-state index contributed by atoms with van der Waals surface area (Å²) in [5.41, 5.74) is 2.37. The highest BCUT2D eigenvalue weighted by Gasteiger charge is 2.26. The number of nitrogens with one attached hydrogen (secondary N) is 1. The fourth-order valence-corrected chi connectivity index (χ4v) is 2.51. The zero-order valence-corrected chi connectivity index (χ0v) is 12.9. The Hall–Kier alpha value is -2.04. The van der Waals surface area contributed by atoms with E-state index < -0.39 is 6.03 Å². The van der Waals surface area contributed by atoms with Crippen LogP contribution in [0.2, 0.25) is 0 Å². The molecule has 0 spiro atoms. The largest absolute Gasteiger partial charge is 0.507 e. The van der Waals surface area contributed by atoms with E-state index in [0.717, 1.165) is 16.8 Å². The van der Waals surface area contributed by atoms with Gasteiger partial charge in [-0.15, -0.1) is 0 Å². The van der Waals surface area contributed by atoms with Gasteiger partial charge in [0, 0.05) is 18.7 Å². The van der Waals surface area contributed by atoms with Crippen molar-refractivity contribution >= 4 is 17.6 Å². The van der Waals surface area contributed by atoms with E-state index in [1.54, 1.807) is 4.90 Å². The molecule has 1 saturated heterocycles. The molecule has 1 aromatic carbocycles. The number of rotatable bonds is 3. The molecule has 0 unspecified atom stereocenters. The fourth-order valence-electron chi connectivity index (χ4n) is 2.51. The third kappa shape index (κ3) is 3.01. The summed E-state index contributed by atoms with van der Waals surface area (Å²) in [5, 5.41) is 12.7. The predicted molar refractivity (Wildman–Crippen MR) is 81.8 cm³/mol. The fraction of sp³-hybridized carbons (Fsp3) is 0.500. The summed E-state index contributed by atoms with van der Waals surface area (Å²) in [6, 6.07) is 3.27. The molecule has 1 aliphatic heterocycles. The Morgan fingerprint density at radius 1 is 1.10 bits per heavy atom. The van der Waals surface area contributed by atoms with E-state index >= 15 is 0 Å². The maximum absolute atomic E-state index is 12.0. The van der Waals surface area contributed by atoms with Crippen molar-refractivity contribution < 1.29 is 14.7 Å². The monoisotopic (exact) mass is 290 g/mol. The van der Waals surface area contributed by atoms with Gasteiger partial charge in [0.05, 0.1) is 0 Å². The molecule has 0 aliphatic carbocycles. The lowest BCUT2D eigenvalue weighted by molar-refractivity contribution is -0.120. The Labute approximate surface area is 125 Å². The van der Waals surface area contributed by atoms with E-state index in [1.165, 1.54) is 0 Å². The van der Waals surface area contributed by atoms with Gasteiger partial charge in [0.15, 0.2) is 0 Å². The van der Waals surface area contributed by atoms with Gasteiger partial charge in [-0.3, -0.25) is 15.0 Å². The van der Waals surface area contributed by atoms with Gasteiger partial charge in [0.1, 0.15) is 5.75 Å². The zero-order valence-electron chi connectivity index (χ0n) is 12.9. The van der Waals surface area contributed by atoms with E-state index in [0.29, 0.717) is 18.7 Å². The van der Waals surface area contributed by atoms with Gasteiger partial charge in [-0.2, -0.15) is 0 Å². The van der Waals surface area contributed by atoms with Crippen molar-refractivity contribution in [2.45, 2.75) is 46.0 Å². The van der Waals surface area contributed by atoms with Crippen LogP contribution in [0, 0.1) is 0 Å². The summed E-state index contributed by atoms with van der Waals surface area (Å²) in [6.07, 6.45) is 0.292. The third-order valence-electron chi connectivity index (χ3n) is 3.76. The van der Waals surface area contributed by atoms with Gasteiger partial charge in [-0.25, -0.2) is 4.79 Å². The van der Waals surface area contributed by atoms with Crippen LogP contribution >= 0.6 is 0 Å². The van der Waals surface area contributed by atoms with Crippen LogP contribution in [-0.2, 0) is 4.79 Å². The van der Waals surface area contributed by atoms with Crippen LogP contribution in [0.3, 0.4) is 0 Å². The molecule has 1 fully saturated rings. The molecule has 0 atom stereocenters. The van der Waals surface area contributed by atoms with Gasteiger partial charge in [0.25, 0.3) is 0 Å². The number of anilines is 1. The Morgan fingerprint density at radius 2 is 1.62 bits per heavy atom. The van der Waals surface area contributed by atoms with Crippen LogP contribution in [0.1, 0.15) is 57.1 Å². The van der Waals surface area contributed by atoms with Gasteiger partial charge in [0.2, 0.25) is 5.91 Å². The third-order valence-corrected chi connectivity index (χ3v) is 3.76. The minimum absolute atomic E-state index is 0.150. The highest BCUT2D eigenvalue weighted by molar-refractivity contribution is 6.05. The molecule has 114 valence electrons. The highest BCUT2D eigenvalue weighted by Crippen LogP contribution is 2.37. The first-order valence-electron chi connectivity index (χ1n) is 7.29. The summed E-state index contributed by atoms with van der Waals surface area (Å²) in [5.74, 6) is 0.356. The maximum Gasteiger partial charge on any atom is 0.328 e. The molecule has 21 heavy (non-hydrogen) atoms. The molecule has 0 saturated carbocycles. The molecule has 1 heterocycles. The zero-order chi connectivity index (χ0) is 15.7. The lowest BCUT2D eigenvalue weighted by Crippen LogP contribution is -2.49. The topological polar surface area (TPSA) is 69.6 Å². The van der Waals surface area contributed by atoms with Crippen molar-refractivity contribution in [1.82, 2.24) is 5.32 Å². The first kappa shape index (κ1) is 15.4. The molecule has 1 aliphatic rings. The minimum atomic E-state index is -0.402. The summed E-state index contributed by atoms with van der Waals surface area (Å²) in [6.45, 7) is 8.38. The van der Waals surface area contributed by atoms with Crippen LogP contribution in [0.15, 0.2) is 12.1 Å². The number of imide groups is 1. The number of carbonyl (C=O) groups is 2. The van der Waals surface area contributed by atoms with Crippen LogP contribution in [0.5, 0.6) is 5.75 Å². The van der Waals surface area contributed by atoms with Crippen molar-refractivity contribution in [2.75, 3.05) is 11.4 Å².